The van der Waals surface area contributed by atoms with Crippen LogP contribution in [0.3, 0.4) is 0 Å². The Morgan fingerprint density at radius 3 is 2.36 bits per heavy atom. The summed E-state index contributed by atoms with van der Waals surface area (Å²) in [5.74, 6) is -0.148. The van der Waals surface area contributed by atoms with Crippen molar-refractivity contribution >= 4 is 22.4 Å². The minimum absolute atomic E-state index is 0.0960. The minimum Gasteiger partial charge on any atom is -0.383 e. The number of amides is 1. The second-order valence-corrected chi connectivity index (χ2v) is 8.36. The van der Waals surface area contributed by atoms with Crippen LogP contribution in [0.2, 0.25) is 0 Å². The highest BCUT2D eigenvalue weighted by Gasteiger charge is 2.22. The fourth-order valence-corrected chi connectivity index (χ4v) is 3.55. The molecular weight excluding hydrogens is 372 g/mol. The first kappa shape index (κ1) is 20.1. The molecule has 7 heteroatoms. The molecule has 0 aliphatic heterocycles. The van der Waals surface area contributed by atoms with E-state index in [1.165, 1.54) is 16.9 Å². The highest BCUT2D eigenvalue weighted by molar-refractivity contribution is 7.18. The lowest BCUT2D eigenvalue weighted by molar-refractivity contribution is 0.0975. The topological polar surface area (TPSA) is 68.2 Å². The molecule has 3 aromatic rings. The van der Waals surface area contributed by atoms with Crippen molar-refractivity contribution in [2.24, 2.45) is 0 Å². The van der Waals surface area contributed by atoms with Gasteiger partial charge < -0.3 is 4.74 Å². The van der Waals surface area contributed by atoms with Gasteiger partial charge in [-0.3, -0.25) is 14.7 Å². The summed E-state index contributed by atoms with van der Waals surface area (Å²) >= 11 is 1.39. The van der Waals surface area contributed by atoms with Gasteiger partial charge in [-0.15, -0.1) is 10.2 Å². The summed E-state index contributed by atoms with van der Waals surface area (Å²) in [5.41, 5.74) is 2.89. The maximum absolute atomic E-state index is 12.9. The molecule has 2 heterocycles. The highest BCUT2D eigenvalue weighted by atomic mass is 32.1. The molecule has 146 valence electrons. The van der Waals surface area contributed by atoms with Crippen LogP contribution in [0.25, 0.3) is 10.6 Å². The Hall–Kier alpha value is -2.64. The number of hydrogen-bond acceptors (Lipinski definition) is 6. The van der Waals surface area contributed by atoms with E-state index in [2.05, 4.69) is 60.2 Å². The lowest BCUT2D eigenvalue weighted by Crippen LogP contribution is -2.33. The van der Waals surface area contributed by atoms with Crippen LogP contribution in [-0.2, 0) is 10.2 Å². The minimum atomic E-state index is -0.148. The van der Waals surface area contributed by atoms with E-state index in [9.17, 15) is 4.79 Å². The Morgan fingerprint density at radius 1 is 1.07 bits per heavy atom. The Kier molecular flexibility index (Phi) is 6.16. The van der Waals surface area contributed by atoms with Crippen molar-refractivity contribution in [1.82, 2.24) is 15.2 Å². The predicted molar refractivity (Wildman–Crippen MR) is 112 cm³/mol. The van der Waals surface area contributed by atoms with Gasteiger partial charge in [0.15, 0.2) is 0 Å². The van der Waals surface area contributed by atoms with E-state index >= 15 is 0 Å². The molecular formula is C21H24N4O2S. The third-order valence-corrected chi connectivity index (χ3v) is 5.33. The number of hydrogen-bond donors (Lipinski definition) is 0. The number of nitrogens with zero attached hydrogens (tertiary/aromatic N) is 4. The van der Waals surface area contributed by atoms with E-state index in [0.717, 1.165) is 10.6 Å². The number of aromatic nitrogens is 3. The summed E-state index contributed by atoms with van der Waals surface area (Å²) in [4.78, 5) is 18.5. The summed E-state index contributed by atoms with van der Waals surface area (Å²) in [5, 5.41) is 9.90. The van der Waals surface area contributed by atoms with Crippen LogP contribution in [0.4, 0.5) is 5.13 Å². The molecule has 0 N–H and O–H groups in total. The van der Waals surface area contributed by atoms with E-state index < -0.39 is 0 Å². The van der Waals surface area contributed by atoms with Gasteiger partial charge in [-0.25, -0.2) is 0 Å². The summed E-state index contributed by atoms with van der Waals surface area (Å²) in [6.45, 7) is 7.36. The first-order valence-corrected chi connectivity index (χ1v) is 9.87. The molecule has 28 heavy (non-hydrogen) atoms. The lowest BCUT2D eigenvalue weighted by Gasteiger charge is -2.19. The van der Waals surface area contributed by atoms with Gasteiger partial charge in [0, 0.05) is 30.6 Å². The molecule has 0 unspecified atom stereocenters. The summed E-state index contributed by atoms with van der Waals surface area (Å²) in [6.07, 6.45) is 3.20. The number of ether oxygens (including phenoxy) is 1. The van der Waals surface area contributed by atoms with Gasteiger partial charge in [0.05, 0.1) is 13.2 Å². The molecule has 0 aliphatic carbocycles. The van der Waals surface area contributed by atoms with Crippen molar-refractivity contribution in [1.29, 1.82) is 0 Å². The van der Waals surface area contributed by atoms with Crippen LogP contribution in [0.15, 0.2) is 48.8 Å². The van der Waals surface area contributed by atoms with E-state index in [1.807, 2.05) is 0 Å². The molecule has 1 aromatic carbocycles. The lowest BCUT2D eigenvalue weighted by atomic mass is 9.87. The van der Waals surface area contributed by atoms with Gasteiger partial charge in [0.1, 0.15) is 5.01 Å². The van der Waals surface area contributed by atoms with E-state index in [0.29, 0.717) is 23.8 Å². The summed E-state index contributed by atoms with van der Waals surface area (Å²) < 4.78 is 5.17. The van der Waals surface area contributed by atoms with E-state index in [-0.39, 0.29) is 11.3 Å². The maximum Gasteiger partial charge on any atom is 0.260 e. The molecule has 1 amide bonds. The van der Waals surface area contributed by atoms with Crippen molar-refractivity contribution in [3.8, 4) is 10.6 Å². The number of carbonyl (C=O) groups is 1. The zero-order valence-electron chi connectivity index (χ0n) is 16.5. The average Bonchev–Trinajstić information content (AvgIpc) is 3.18. The molecule has 0 fully saturated rings. The molecule has 0 saturated heterocycles. The monoisotopic (exact) mass is 396 g/mol. The van der Waals surface area contributed by atoms with Crippen molar-refractivity contribution in [2.75, 3.05) is 25.2 Å². The molecule has 0 atom stereocenters. The maximum atomic E-state index is 12.9. The first-order valence-electron chi connectivity index (χ1n) is 9.05. The van der Waals surface area contributed by atoms with Crippen LogP contribution in [0.1, 0.15) is 36.7 Å². The van der Waals surface area contributed by atoms with Crippen molar-refractivity contribution < 1.29 is 9.53 Å². The normalized spacial score (nSPS) is 11.4. The van der Waals surface area contributed by atoms with Crippen LogP contribution >= 0.6 is 11.3 Å². The van der Waals surface area contributed by atoms with Gasteiger partial charge in [0.2, 0.25) is 5.13 Å². The number of anilines is 1. The zero-order valence-corrected chi connectivity index (χ0v) is 17.4. The Labute approximate surface area is 169 Å². The second kappa shape index (κ2) is 8.58. The van der Waals surface area contributed by atoms with E-state index in [1.54, 1.807) is 36.5 Å². The standard InChI is InChI=1S/C21H24N4O2S/c1-21(2,3)17-7-5-15(6-8-17)18-23-24-20(28-18)25(13-14-27-4)19(26)16-9-11-22-12-10-16/h5-12H,13-14H2,1-4H3. The fourth-order valence-electron chi connectivity index (χ4n) is 2.67. The SMILES string of the molecule is COCCN(C(=O)c1ccncc1)c1nnc(-c2ccc(C(C)(C)C)cc2)s1. The average molecular weight is 397 g/mol. The van der Waals surface area contributed by atoms with Crippen molar-refractivity contribution in [3.05, 3.63) is 59.9 Å². The molecule has 0 radical (unpaired) electrons. The Balaban J connectivity index is 1.87. The Bertz CT molecular complexity index is 918. The van der Waals surface area contributed by atoms with Gasteiger partial charge in [-0.1, -0.05) is 56.4 Å². The number of carbonyl (C=O) groups excluding carboxylic acids is 1. The molecule has 0 saturated carbocycles. The van der Waals surface area contributed by atoms with Gasteiger partial charge in [0.25, 0.3) is 5.91 Å². The molecule has 0 bridgehead atoms. The largest absolute Gasteiger partial charge is 0.383 e. The Morgan fingerprint density at radius 2 is 1.75 bits per heavy atom. The third-order valence-electron chi connectivity index (χ3n) is 4.33. The number of rotatable bonds is 6. The van der Waals surface area contributed by atoms with E-state index in [4.69, 9.17) is 4.74 Å². The first-order chi connectivity index (χ1) is 13.4. The van der Waals surface area contributed by atoms with Crippen LogP contribution < -0.4 is 4.90 Å². The summed E-state index contributed by atoms with van der Waals surface area (Å²) in [6, 6.07) is 11.7. The predicted octanol–water partition coefficient (Wildman–Crippen LogP) is 4.19. The molecule has 3 rings (SSSR count). The molecule has 0 spiro atoms. The van der Waals surface area contributed by atoms with Crippen LogP contribution in [0, 0.1) is 0 Å². The molecule has 2 aromatic heterocycles. The zero-order chi connectivity index (χ0) is 20.1. The smallest absolute Gasteiger partial charge is 0.260 e. The summed E-state index contributed by atoms with van der Waals surface area (Å²) in [7, 11) is 1.61. The van der Waals surface area contributed by atoms with Crippen LogP contribution in [-0.4, -0.2) is 41.3 Å². The quantitative estimate of drug-likeness (QED) is 0.625. The van der Waals surface area contributed by atoms with Crippen molar-refractivity contribution in [3.63, 3.8) is 0 Å². The third kappa shape index (κ3) is 4.61. The molecule has 0 aliphatic rings. The van der Waals surface area contributed by atoms with Gasteiger partial charge >= 0.3 is 0 Å². The van der Waals surface area contributed by atoms with Gasteiger partial charge in [-0.2, -0.15) is 0 Å². The van der Waals surface area contributed by atoms with Crippen LogP contribution in [0.5, 0.6) is 0 Å². The number of pyridine rings is 1. The highest BCUT2D eigenvalue weighted by Crippen LogP contribution is 2.31. The fraction of sp³-hybridized carbons (Fsp3) is 0.333. The van der Waals surface area contributed by atoms with Crippen molar-refractivity contribution in [2.45, 2.75) is 26.2 Å². The number of methoxy groups -OCH3 is 1. The molecule has 6 nitrogen and oxygen atoms in total. The van der Waals surface area contributed by atoms with Gasteiger partial charge in [-0.05, 0) is 23.1 Å². The number of benzene rings is 1. The second-order valence-electron chi connectivity index (χ2n) is 7.40.